The molecule has 0 saturated carbocycles. The van der Waals surface area contributed by atoms with E-state index in [4.69, 9.17) is 10.5 Å². The van der Waals surface area contributed by atoms with Gasteiger partial charge >= 0.3 is 0 Å². The number of aryl methyl sites for hydroxylation is 1. The van der Waals surface area contributed by atoms with E-state index in [9.17, 15) is 5.11 Å². The minimum atomic E-state index is -0.506. The van der Waals surface area contributed by atoms with Gasteiger partial charge < -0.3 is 15.6 Å². The van der Waals surface area contributed by atoms with E-state index in [1.165, 1.54) is 0 Å². The molecule has 4 heteroatoms. The van der Waals surface area contributed by atoms with E-state index >= 15 is 0 Å². The highest BCUT2D eigenvalue weighted by molar-refractivity contribution is 9.10. The van der Waals surface area contributed by atoms with Gasteiger partial charge in [-0.1, -0.05) is 15.9 Å². The predicted molar refractivity (Wildman–Crippen MR) is 68.5 cm³/mol. The number of halogens is 1. The van der Waals surface area contributed by atoms with Crippen molar-refractivity contribution in [1.82, 2.24) is 0 Å². The van der Waals surface area contributed by atoms with Gasteiger partial charge in [0.15, 0.2) is 0 Å². The smallest absolute Gasteiger partial charge is 0.127 e. The lowest BCUT2D eigenvalue weighted by Gasteiger charge is -2.21. The fraction of sp³-hybridized carbons (Fsp3) is 0.500. The predicted octanol–water partition coefficient (Wildman–Crippen LogP) is 2.36. The van der Waals surface area contributed by atoms with Crippen LogP contribution in [0.3, 0.4) is 0 Å². The van der Waals surface area contributed by atoms with E-state index in [0.29, 0.717) is 6.54 Å². The first-order valence-corrected chi connectivity index (χ1v) is 6.08. The minimum absolute atomic E-state index is 0.245. The molecule has 0 aromatic heterocycles. The zero-order valence-corrected chi connectivity index (χ0v) is 11.4. The largest absolute Gasteiger partial charge is 0.487 e. The summed E-state index contributed by atoms with van der Waals surface area (Å²) >= 11 is 3.42. The van der Waals surface area contributed by atoms with E-state index < -0.39 is 6.10 Å². The molecule has 0 heterocycles. The molecule has 2 unspecified atom stereocenters. The Bertz CT molecular complexity index is 366. The van der Waals surface area contributed by atoms with Crippen LogP contribution in [0.15, 0.2) is 16.6 Å². The van der Waals surface area contributed by atoms with Gasteiger partial charge in [0.05, 0.1) is 6.10 Å². The van der Waals surface area contributed by atoms with E-state index in [2.05, 4.69) is 15.9 Å². The number of hydrogen-bond donors (Lipinski definition) is 2. The summed E-state index contributed by atoms with van der Waals surface area (Å²) in [7, 11) is 0. The molecule has 3 nitrogen and oxygen atoms in total. The maximum absolute atomic E-state index is 9.43. The molecule has 1 aromatic carbocycles. The monoisotopic (exact) mass is 287 g/mol. The molecule has 0 fully saturated rings. The van der Waals surface area contributed by atoms with Gasteiger partial charge in [0.25, 0.3) is 0 Å². The summed E-state index contributed by atoms with van der Waals surface area (Å²) in [6, 6.07) is 3.92. The van der Waals surface area contributed by atoms with Crippen LogP contribution < -0.4 is 10.5 Å². The number of benzene rings is 1. The topological polar surface area (TPSA) is 55.5 Å². The highest BCUT2D eigenvalue weighted by Crippen LogP contribution is 2.28. The normalized spacial score (nSPS) is 14.6. The van der Waals surface area contributed by atoms with Gasteiger partial charge in [0.2, 0.25) is 0 Å². The average molecular weight is 288 g/mol. The quantitative estimate of drug-likeness (QED) is 0.894. The van der Waals surface area contributed by atoms with E-state index in [1.54, 1.807) is 6.92 Å². The van der Waals surface area contributed by atoms with Crippen molar-refractivity contribution >= 4 is 15.9 Å². The van der Waals surface area contributed by atoms with Gasteiger partial charge in [0.1, 0.15) is 11.9 Å². The van der Waals surface area contributed by atoms with Crippen LogP contribution in [-0.2, 0) is 6.54 Å². The first-order chi connectivity index (χ1) is 7.45. The Hall–Kier alpha value is -0.580. The molecule has 16 heavy (non-hydrogen) atoms. The molecule has 0 aliphatic carbocycles. The van der Waals surface area contributed by atoms with Crippen molar-refractivity contribution in [2.75, 3.05) is 0 Å². The lowest BCUT2D eigenvalue weighted by molar-refractivity contribution is 0.0594. The molecule has 2 atom stereocenters. The van der Waals surface area contributed by atoms with Crippen molar-refractivity contribution in [3.8, 4) is 5.75 Å². The van der Waals surface area contributed by atoms with Crippen molar-refractivity contribution < 1.29 is 9.84 Å². The van der Waals surface area contributed by atoms with Crippen LogP contribution >= 0.6 is 15.9 Å². The second-order valence-electron chi connectivity index (χ2n) is 3.98. The molecule has 0 aliphatic rings. The molecule has 90 valence electrons. The maximum Gasteiger partial charge on any atom is 0.127 e. The summed E-state index contributed by atoms with van der Waals surface area (Å²) in [6.45, 7) is 5.93. The van der Waals surface area contributed by atoms with Crippen LogP contribution in [0.1, 0.15) is 25.0 Å². The molecule has 1 rings (SSSR count). The molecule has 0 spiro atoms. The van der Waals surface area contributed by atoms with Crippen LogP contribution in [0, 0.1) is 6.92 Å². The number of aliphatic hydroxyl groups is 1. The number of hydrogen-bond acceptors (Lipinski definition) is 3. The van der Waals surface area contributed by atoms with E-state index in [0.717, 1.165) is 21.3 Å². The van der Waals surface area contributed by atoms with Crippen LogP contribution in [0.4, 0.5) is 0 Å². The van der Waals surface area contributed by atoms with E-state index in [-0.39, 0.29) is 6.10 Å². The highest BCUT2D eigenvalue weighted by atomic mass is 79.9. The maximum atomic E-state index is 9.43. The standard InChI is InChI=1S/C12H18BrNO2/c1-7-4-11(13)5-10(6-14)12(7)16-9(3)8(2)15/h4-5,8-9,15H,6,14H2,1-3H3. The third kappa shape index (κ3) is 3.20. The summed E-state index contributed by atoms with van der Waals surface area (Å²) in [4.78, 5) is 0. The molecule has 1 aromatic rings. The Labute approximate surface area is 105 Å². The number of ether oxygens (including phenoxy) is 1. The molecule has 0 amide bonds. The van der Waals surface area contributed by atoms with Gasteiger partial charge in [-0.05, 0) is 38.5 Å². The third-order valence-electron chi connectivity index (χ3n) is 2.52. The van der Waals surface area contributed by atoms with Crippen LogP contribution in [-0.4, -0.2) is 17.3 Å². The second kappa shape index (κ2) is 5.66. The highest BCUT2D eigenvalue weighted by Gasteiger charge is 2.15. The van der Waals surface area contributed by atoms with Crippen molar-refractivity contribution in [2.24, 2.45) is 5.73 Å². The molecule has 3 N–H and O–H groups in total. The molecule has 0 saturated heterocycles. The molecular formula is C12H18BrNO2. The fourth-order valence-electron chi connectivity index (χ4n) is 1.40. The first-order valence-electron chi connectivity index (χ1n) is 5.29. The summed E-state index contributed by atoms with van der Waals surface area (Å²) < 4.78 is 6.72. The zero-order valence-electron chi connectivity index (χ0n) is 9.83. The van der Waals surface area contributed by atoms with Crippen LogP contribution in [0.2, 0.25) is 0 Å². The Morgan fingerprint density at radius 3 is 2.56 bits per heavy atom. The summed E-state index contributed by atoms with van der Waals surface area (Å²) in [5, 5.41) is 9.43. The molecule has 0 radical (unpaired) electrons. The Balaban J connectivity index is 3.02. The Kier molecular flexibility index (Phi) is 4.77. The van der Waals surface area contributed by atoms with Gasteiger partial charge in [-0.25, -0.2) is 0 Å². The zero-order chi connectivity index (χ0) is 12.3. The van der Waals surface area contributed by atoms with Gasteiger partial charge in [-0.3, -0.25) is 0 Å². The van der Waals surface area contributed by atoms with Gasteiger partial charge in [0, 0.05) is 16.6 Å². The van der Waals surface area contributed by atoms with Crippen molar-refractivity contribution in [3.05, 3.63) is 27.7 Å². The minimum Gasteiger partial charge on any atom is -0.487 e. The summed E-state index contributed by atoms with van der Waals surface area (Å²) in [5.74, 6) is 0.777. The van der Waals surface area contributed by atoms with Gasteiger partial charge in [-0.15, -0.1) is 0 Å². The summed E-state index contributed by atoms with van der Waals surface area (Å²) in [6.07, 6.45) is -0.751. The van der Waals surface area contributed by atoms with Crippen LogP contribution in [0.25, 0.3) is 0 Å². The van der Waals surface area contributed by atoms with Crippen LogP contribution in [0.5, 0.6) is 5.75 Å². The lowest BCUT2D eigenvalue weighted by Crippen LogP contribution is -2.26. The second-order valence-corrected chi connectivity index (χ2v) is 4.89. The number of rotatable bonds is 4. The van der Waals surface area contributed by atoms with Crippen molar-refractivity contribution in [2.45, 2.75) is 39.5 Å². The average Bonchev–Trinajstić information content (AvgIpc) is 2.21. The molecule has 0 bridgehead atoms. The lowest BCUT2D eigenvalue weighted by atomic mass is 10.1. The number of nitrogens with two attached hydrogens (primary N) is 1. The van der Waals surface area contributed by atoms with Crippen molar-refractivity contribution in [1.29, 1.82) is 0 Å². The summed E-state index contributed by atoms with van der Waals surface area (Å²) in [5.41, 5.74) is 7.64. The molecule has 0 aliphatic heterocycles. The third-order valence-corrected chi connectivity index (χ3v) is 2.98. The SMILES string of the molecule is Cc1cc(Br)cc(CN)c1OC(C)C(C)O. The Morgan fingerprint density at radius 1 is 1.44 bits per heavy atom. The molecular weight excluding hydrogens is 270 g/mol. The van der Waals surface area contributed by atoms with E-state index in [1.807, 2.05) is 26.0 Å². The fourth-order valence-corrected chi connectivity index (χ4v) is 2.02. The first kappa shape index (κ1) is 13.5. The number of aliphatic hydroxyl groups excluding tert-OH is 1. The van der Waals surface area contributed by atoms with Gasteiger partial charge in [-0.2, -0.15) is 0 Å². The Morgan fingerprint density at radius 2 is 2.06 bits per heavy atom. The van der Waals surface area contributed by atoms with Crippen molar-refractivity contribution in [3.63, 3.8) is 0 Å².